The van der Waals surface area contributed by atoms with Crippen LogP contribution in [0.5, 0.6) is 0 Å². The van der Waals surface area contributed by atoms with Crippen molar-refractivity contribution < 1.29 is 24.9 Å². The number of rotatable bonds is 4. The van der Waals surface area contributed by atoms with Crippen molar-refractivity contribution in [2.45, 2.75) is 19.1 Å². The fraction of sp³-hybridized carbons (Fsp3) is 0.417. The zero-order valence-corrected chi connectivity index (χ0v) is 9.75. The van der Waals surface area contributed by atoms with E-state index in [0.29, 0.717) is 5.56 Å². The van der Waals surface area contributed by atoms with Gasteiger partial charge < -0.3 is 20.1 Å². The molecule has 0 saturated carbocycles. The Labute approximate surface area is 99.3 Å². The van der Waals surface area contributed by atoms with Crippen molar-refractivity contribution in [2.75, 3.05) is 13.7 Å². The first kappa shape index (κ1) is 13.6. The average Bonchev–Trinajstić information content (AvgIpc) is 2.36. The van der Waals surface area contributed by atoms with Crippen molar-refractivity contribution in [2.24, 2.45) is 0 Å². The molecule has 2 unspecified atom stereocenters. The minimum absolute atomic E-state index is 0.289. The van der Waals surface area contributed by atoms with E-state index in [9.17, 15) is 15.0 Å². The van der Waals surface area contributed by atoms with E-state index in [1.54, 1.807) is 19.1 Å². The van der Waals surface area contributed by atoms with Gasteiger partial charge in [0, 0.05) is 0 Å². The van der Waals surface area contributed by atoms with E-state index in [-0.39, 0.29) is 5.56 Å². The second-order valence-corrected chi connectivity index (χ2v) is 3.76. The lowest BCUT2D eigenvalue weighted by atomic mass is 9.97. The highest BCUT2D eigenvalue weighted by molar-refractivity contribution is 5.89. The highest BCUT2D eigenvalue weighted by Gasteiger charge is 2.20. The van der Waals surface area contributed by atoms with Crippen LogP contribution in [0.4, 0.5) is 0 Å². The number of aliphatic hydroxyl groups excluding tert-OH is 3. The van der Waals surface area contributed by atoms with Crippen molar-refractivity contribution in [1.82, 2.24) is 0 Å². The lowest BCUT2D eigenvalue weighted by Gasteiger charge is -2.18. The van der Waals surface area contributed by atoms with Crippen LogP contribution in [-0.2, 0) is 4.74 Å². The Morgan fingerprint density at radius 1 is 1.41 bits per heavy atom. The third kappa shape index (κ3) is 3.03. The van der Waals surface area contributed by atoms with Crippen LogP contribution in [-0.4, -0.2) is 41.1 Å². The minimum Gasteiger partial charge on any atom is -0.465 e. The topological polar surface area (TPSA) is 87.0 Å². The Hall–Kier alpha value is -1.43. The summed E-state index contributed by atoms with van der Waals surface area (Å²) in [6, 6.07) is 4.67. The van der Waals surface area contributed by atoms with E-state index < -0.39 is 24.8 Å². The Balaban J connectivity index is 3.10. The first-order valence-corrected chi connectivity index (χ1v) is 5.17. The van der Waals surface area contributed by atoms with Crippen LogP contribution >= 0.6 is 0 Å². The minimum atomic E-state index is -1.28. The molecule has 1 rings (SSSR count). The zero-order chi connectivity index (χ0) is 13.0. The van der Waals surface area contributed by atoms with Crippen LogP contribution in [0.25, 0.3) is 0 Å². The van der Waals surface area contributed by atoms with Crippen molar-refractivity contribution in [3.63, 3.8) is 0 Å². The molecule has 5 heteroatoms. The molecule has 0 aliphatic heterocycles. The van der Waals surface area contributed by atoms with E-state index in [0.717, 1.165) is 5.56 Å². The lowest BCUT2D eigenvalue weighted by Crippen LogP contribution is -2.23. The normalized spacial score (nSPS) is 14.2. The number of hydrogen-bond donors (Lipinski definition) is 3. The molecule has 0 aliphatic rings. The second-order valence-electron chi connectivity index (χ2n) is 3.76. The van der Waals surface area contributed by atoms with Crippen LogP contribution in [0, 0.1) is 6.92 Å². The molecule has 0 radical (unpaired) electrons. The SMILES string of the molecule is COC(=O)c1ccc(C)c(C(O)C(O)CO)c1. The van der Waals surface area contributed by atoms with Gasteiger partial charge in [-0.05, 0) is 30.2 Å². The van der Waals surface area contributed by atoms with Gasteiger partial charge >= 0.3 is 5.97 Å². The van der Waals surface area contributed by atoms with Crippen LogP contribution < -0.4 is 0 Å². The molecule has 17 heavy (non-hydrogen) atoms. The lowest BCUT2D eigenvalue weighted by molar-refractivity contribution is -0.0155. The van der Waals surface area contributed by atoms with Gasteiger partial charge in [-0.3, -0.25) is 0 Å². The molecular formula is C12H16O5. The van der Waals surface area contributed by atoms with Gasteiger partial charge in [0.2, 0.25) is 0 Å². The molecule has 0 aromatic heterocycles. The molecule has 5 nitrogen and oxygen atoms in total. The first-order valence-electron chi connectivity index (χ1n) is 5.17. The van der Waals surface area contributed by atoms with Crippen LogP contribution in [0.3, 0.4) is 0 Å². The summed E-state index contributed by atoms with van der Waals surface area (Å²) in [4.78, 5) is 11.3. The standard InChI is InChI=1S/C12H16O5/c1-7-3-4-8(12(16)17-2)5-9(7)11(15)10(14)6-13/h3-5,10-11,13-15H,6H2,1-2H3. The van der Waals surface area contributed by atoms with E-state index >= 15 is 0 Å². The van der Waals surface area contributed by atoms with Crippen molar-refractivity contribution in [3.05, 3.63) is 34.9 Å². The Morgan fingerprint density at radius 2 is 2.06 bits per heavy atom. The molecule has 0 heterocycles. The van der Waals surface area contributed by atoms with Crippen molar-refractivity contribution in [1.29, 1.82) is 0 Å². The van der Waals surface area contributed by atoms with Crippen LogP contribution in [0.1, 0.15) is 27.6 Å². The number of aliphatic hydroxyl groups is 3. The zero-order valence-electron chi connectivity index (χ0n) is 9.75. The molecule has 1 aromatic rings. The summed E-state index contributed by atoms with van der Waals surface area (Å²) in [5, 5.41) is 27.9. The summed E-state index contributed by atoms with van der Waals surface area (Å²) in [7, 11) is 1.26. The third-order valence-corrected chi connectivity index (χ3v) is 2.57. The molecule has 0 fully saturated rings. The van der Waals surface area contributed by atoms with Gasteiger partial charge in [-0.15, -0.1) is 0 Å². The van der Waals surface area contributed by atoms with E-state index in [1.165, 1.54) is 13.2 Å². The Kier molecular flexibility index (Phi) is 4.62. The predicted octanol–water partition coefficient (Wildman–Crippen LogP) is 0.168. The molecule has 0 saturated heterocycles. The number of carbonyl (C=O) groups is 1. The summed E-state index contributed by atoms with van der Waals surface area (Å²) in [5.41, 5.74) is 1.41. The van der Waals surface area contributed by atoms with Gasteiger partial charge in [0.25, 0.3) is 0 Å². The summed E-state index contributed by atoms with van der Waals surface area (Å²) < 4.78 is 4.57. The molecule has 0 aliphatic carbocycles. The molecule has 1 aromatic carbocycles. The summed E-state index contributed by atoms with van der Waals surface area (Å²) in [5.74, 6) is -0.517. The quantitative estimate of drug-likeness (QED) is 0.653. The smallest absolute Gasteiger partial charge is 0.337 e. The number of esters is 1. The Morgan fingerprint density at radius 3 is 2.59 bits per heavy atom. The van der Waals surface area contributed by atoms with Gasteiger partial charge in [0.05, 0.1) is 19.3 Å². The largest absolute Gasteiger partial charge is 0.465 e. The summed E-state index contributed by atoms with van der Waals surface area (Å²) in [6.07, 6.45) is -2.51. The highest BCUT2D eigenvalue weighted by atomic mass is 16.5. The summed E-state index contributed by atoms with van der Waals surface area (Å²) in [6.45, 7) is 1.19. The van der Waals surface area contributed by atoms with Gasteiger partial charge in [-0.25, -0.2) is 4.79 Å². The predicted molar refractivity (Wildman–Crippen MR) is 60.6 cm³/mol. The summed E-state index contributed by atoms with van der Waals surface area (Å²) >= 11 is 0. The number of carbonyl (C=O) groups excluding carboxylic acids is 1. The van der Waals surface area contributed by atoms with E-state index in [1.807, 2.05) is 0 Å². The average molecular weight is 240 g/mol. The maximum atomic E-state index is 11.3. The molecule has 2 atom stereocenters. The monoisotopic (exact) mass is 240 g/mol. The van der Waals surface area contributed by atoms with Gasteiger partial charge in [0.15, 0.2) is 0 Å². The molecular weight excluding hydrogens is 224 g/mol. The van der Waals surface area contributed by atoms with Gasteiger partial charge in [0.1, 0.15) is 12.2 Å². The fourth-order valence-corrected chi connectivity index (χ4v) is 1.51. The molecule has 0 bridgehead atoms. The number of hydrogen-bond acceptors (Lipinski definition) is 5. The molecule has 0 spiro atoms. The van der Waals surface area contributed by atoms with Crippen molar-refractivity contribution in [3.8, 4) is 0 Å². The van der Waals surface area contributed by atoms with Crippen LogP contribution in [0.2, 0.25) is 0 Å². The third-order valence-electron chi connectivity index (χ3n) is 2.57. The second kappa shape index (κ2) is 5.77. The van der Waals surface area contributed by atoms with Gasteiger partial charge in [-0.1, -0.05) is 6.07 Å². The number of methoxy groups -OCH3 is 1. The highest BCUT2D eigenvalue weighted by Crippen LogP contribution is 2.22. The number of benzene rings is 1. The van der Waals surface area contributed by atoms with Crippen molar-refractivity contribution >= 4 is 5.97 Å². The first-order chi connectivity index (χ1) is 8.01. The Bertz CT molecular complexity index is 402. The molecule has 3 N–H and O–H groups in total. The molecule has 94 valence electrons. The maximum absolute atomic E-state index is 11.3. The van der Waals surface area contributed by atoms with E-state index in [2.05, 4.69) is 4.74 Å². The maximum Gasteiger partial charge on any atom is 0.337 e. The van der Waals surface area contributed by atoms with E-state index in [4.69, 9.17) is 5.11 Å². The number of ether oxygens (including phenoxy) is 1. The van der Waals surface area contributed by atoms with Crippen LogP contribution in [0.15, 0.2) is 18.2 Å². The number of aryl methyl sites for hydroxylation is 1. The fourth-order valence-electron chi connectivity index (χ4n) is 1.51. The molecule has 0 amide bonds. The van der Waals surface area contributed by atoms with Gasteiger partial charge in [-0.2, -0.15) is 0 Å².